The number of nitrogens with zero attached hydrogens (tertiary/aromatic N) is 1. The van der Waals surface area contributed by atoms with Crippen LogP contribution in [-0.2, 0) is 17.6 Å². The molecule has 1 aliphatic rings. The summed E-state index contributed by atoms with van der Waals surface area (Å²) in [5.41, 5.74) is 8.38. The van der Waals surface area contributed by atoms with Crippen molar-refractivity contribution in [1.82, 2.24) is 0 Å². The number of carbonyl (C=O) groups excluding carboxylic acids is 1. The second kappa shape index (κ2) is 7.73. The number of thiophene rings is 1. The summed E-state index contributed by atoms with van der Waals surface area (Å²) in [6.45, 7) is 0. The van der Waals surface area contributed by atoms with Gasteiger partial charge in [0, 0.05) is 15.5 Å². The molecule has 1 amide bonds. The zero-order chi connectivity index (χ0) is 16.9. The van der Waals surface area contributed by atoms with Crippen LogP contribution in [0.2, 0.25) is 0 Å². The number of anilines is 2. The fraction of sp³-hybridized carbons (Fsp3) is 0.333. The van der Waals surface area contributed by atoms with Gasteiger partial charge in [0.15, 0.2) is 0 Å². The van der Waals surface area contributed by atoms with Crippen LogP contribution in [0.4, 0.5) is 10.7 Å². The Morgan fingerprint density at radius 1 is 1.29 bits per heavy atom. The van der Waals surface area contributed by atoms with Crippen LogP contribution in [0.5, 0.6) is 0 Å². The van der Waals surface area contributed by atoms with Crippen molar-refractivity contribution < 1.29 is 4.79 Å². The van der Waals surface area contributed by atoms with Gasteiger partial charge in [0.05, 0.1) is 11.3 Å². The molecule has 0 saturated heterocycles. The second-order valence-electron chi connectivity index (χ2n) is 5.76. The second-order valence-corrected chi connectivity index (χ2v) is 7.88. The van der Waals surface area contributed by atoms with Gasteiger partial charge in [-0.1, -0.05) is 18.6 Å². The number of nitrogens with one attached hydrogen (secondary N) is 1. The quantitative estimate of drug-likeness (QED) is 0.488. The molecule has 1 heterocycles. The van der Waals surface area contributed by atoms with E-state index in [1.54, 1.807) is 11.3 Å². The fourth-order valence-corrected chi connectivity index (χ4v) is 4.89. The normalized spacial score (nSPS) is 13.6. The molecule has 3 rings (SSSR count). The Morgan fingerprint density at radius 3 is 2.88 bits per heavy atom. The molecule has 3 N–H and O–H groups in total. The van der Waals surface area contributed by atoms with Crippen molar-refractivity contribution >= 4 is 39.7 Å². The van der Waals surface area contributed by atoms with Crippen molar-refractivity contribution in [2.24, 2.45) is 0 Å². The van der Waals surface area contributed by atoms with E-state index in [2.05, 4.69) is 11.4 Å². The molecule has 0 fully saturated rings. The molecule has 0 unspecified atom stereocenters. The van der Waals surface area contributed by atoms with Gasteiger partial charge in [-0.3, -0.25) is 4.79 Å². The van der Waals surface area contributed by atoms with Gasteiger partial charge in [0.1, 0.15) is 11.1 Å². The number of hydrogen-bond acceptors (Lipinski definition) is 5. The van der Waals surface area contributed by atoms with Crippen molar-refractivity contribution in [3.05, 3.63) is 40.3 Å². The van der Waals surface area contributed by atoms with E-state index in [4.69, 9.17) is 5.73 Å². The highest BCUT2D eigenvalue weighted by molar-refractivity contribution is 8.00. The van der Waals surface area contributed by atoms with Gasteiger partial charge in [0.2, 0.25) is 5.91 Å². The first-order valence-electron chi connectivity index (χ1n) is 8.01. The van der Waals surface area contributed by atoms with Crippen molar-refractivity contribution in [2.45, 2.75) is 37.0 Å². The average molecular weight is 358 g/mol. The molecule has 0 aliphatic heterocycles. The average Bonchev–Trinajstić information content (AvgIpc) is 2.74. The van der Waals surface area contributed by atoms with Crippen LogP contribution < -0.4 is 11.1 Å². The minimum absolute atomic E-state index is 0.101. The molecule has 1 aromatic carbocycles. The summed E-state index contributed by atoms with van der Waals surface area (Å²) in [5.74, 6) is 0.179. The summed E-state index contributed by atoms with van der Waals surface area (Å²) in [7, 11) is 0. The van der Waals surface area contributed by atoms with Gasteiger partial charge in [-0.15, -0.1) is 23.1 Å². The van der Waals surface area contributed by atoms with Crippen LogP contribution in [0.3, 0.4) is 0 Å². The maximum absolute atomic E-state index is 12.3. The first-order chi connectivity index (χ1) is 11.7. The summed E-state index contributed by atoms with van der Waals surface area (Å²) in [6, 6.07) is 9.79. The highest BCUT2D eigenvalue weighted by Gasteiger charge is 2.21. The molecule has 1 aromatic heterocycles. The van der Waals surface area contributed by atoms with E-state index in [9.17, 15) is 10.1 Å². The van der Waals surface area contributed by atoms with E-state index in [0.29, 0.717) is 16.3 Å². The molecular weight excluding hydrogens is 338 g/mol. The Labute approximate surface area is 150 Å². The smallest absolute Gasteiger partial charge is 0.235 e. The number of fused-ring (bicyclic) bond motifs is 1. The van der Waals surface area contributed by atoms with Gasteiger partial charge < -0.3 is 11.1 Å². The van der Waals surface area contributed by atoms with Gasteiger partial charge >= 0.3 is 0 Å². The number of hydrogen-bond donors (Lipinski definition) is 2. The van der Waals surface area contributed by atoms with E-state index in [1.807, 2.05) is 24.3 Å². The van der Waals surface area contributed by atoms with Crippen LogP contribution in [0.1, 0.15) is 35.3 Å². The third-order valence-corrected chi connectivity index (χ3v) is 6.36. The van der Waals surface area contributed by atoms with Gasteiger partial charge in [-0.05, 0) is 43.4 Å². The number of aryl methyl sites for hydroxylation is 1. The van der Waals surface area contributed by atoms with Crippen LogP contribution in [0.15, 0.2) is 29.2 Å². The number of carbonyl (C=O) groups is 1. The highest BCUT2D eigenvalue weighted by atomic mass is 32.2. The van der Waals surface area contributed by atoms with E-state index in [-0.39, 0.29) is 11.7 Å². The lowest BCUT2D eigenvalue weighted by Gasteiger charge is -2.06. The lowest BCUT2D eigenvalue weighted by molar-refractivity contribution is -0.113. The molecule has 2 aromatic rings. The number of rotatable bonds is 4. The largest absolute Gasteiger partial charge is 0.398 e. The minimum atomic E-state index is -0.101. The monoisotopic (exact) mass is 357 g/mol. The van der Waals surface area contributed by atoms with Crippen LogP contribution in [0, 0.1) is 11.3 Å². The summed E-state index contributed by atoms with van der Waals surface area (Å²) in [6.07, 6.45) is 5.45. The Bertz CT molecular complexity index is 792. The maximum atomic E-state index is 12.3. The molecule has 0 bridgehead atoms. The molecule has 24 heavy (non-hydrogen) atoms. The van der Waals surface area contributed by atoms with E-state index in [1.165, 1.54) is 23.1 Å². The third kappa shape index (κ3) is 3.74. The first-order valence-corrected chi connectivity index (χ1v) is 9.81. The summed E-state index contributed by atoms with van der Waals surface area (Å²) >= 11 is 2.98. The zero-order valence-corrected chi connectivity index (χ0v) is 14.9. The molecule has 1 aliphatic carbocycles. The van der Waals surface area contributed by atoms with Crippen LogP contribution >= 0.6 is 23.1 Å². The number of nitrogen functional groups attached to an aromatic ring is 1. The van der Waals surface area contributed by atoms with Crippen LogP contribution in [-0.4, -0.2) is 11.7 Å². The number of benzene rings is 1. The Hall–Kier alpha value is -1.97. The molecule has 0 atom stereocenters. The van der Waals surface area contributed by atoms with Crippen molar-refractivity contribution in [3.63, 3.8) is 0 Å². The lowest BCUT2D eigenvalue weighted by Crippen LogP contribution is -2.14. The highest BCUT2D eigenvalue weighted by Crippen LogP contribution is 2.37. The Balaban J connectivity index is 1.69. The van der Waals surface area contributed by atoms with Crippen molar-refractivity contribution in [1.29, 1.82) is 5.26 Å². The van der Waals surface area contributed by atoms with Crippen molar-refractivity contribution in [2.75, 3.05) is 16.8 Å². The Morgan fingerprint density at radius 2 is 2.08 bits per heavy atom. The van der Waals surface area contributed by atoms with Gasteiger partial charge in [-0.25, -0.2) is 0 Å². The summed E-state index contributed by atoms with van der Waals surface area (Å²) in [4.78, 5) is 14.4. The zero-order valence-electron chi connectivity index (χ0n) is 13.3. The molecule has 0 radical (unpaired) electrons. The van der Waals surface area contributed by atoms with Crippen molar-refractivity contribution in [3.8, 4) is 6.07 Å². The Kier molecular flexibility index (Phi) is 5.44. The molecule has 4 nitrogen and oxygen atoms in total. The van der Waals surface area contributed by atoms with E-state index >= 15 is 0 Å². The third-order valence-electron chi connectivity index (χ3n) is 4.06. The number of nitriles is 1. The number of para-hydroxylation sites is 1. The number of nitrogens with two attached hydrogens (primary N) is 1. The molecule has 6 heteroatoms. The summed E-state index contributed by atoms with van der Waals surface area (Å²) < 4.78 is 0. The minimum Gasteiger partial charge on any atom is -0.398 e. The van der Waals surface area contributed by atoms with E-state index in [0.717, 1.165) is 36.1 Å². The molecule has 0 saturated carbocycles. The lowest BCUT2D eigenvalue weighted by atomic mass is 10.1. The topological polar surface area (TPSA) is 78.9 Å². The predicted octanol–water partition coefficient (Wildman–Crippen LogP) is 4.20. The van der Waals surface area contributed by atoms with E-state index < -0.39 is 0 Å². The SMILES string of the molecule is N#Cc1c(NC(=O)CSc2ccccc2N)sc2c1CCCCC2. The molecular formula is C18H19N3OS2. The number of amides is 1. The maximum Gasteiger partial charge on any atom is 0.235 e. The molecule has 124 valence electrons. The first kappa shape index (κ1) is 16.9. The summed E-state index contributed by atoms with van der Waals surface area (Å²) in [5, 5.41) is 13.1. The van der Waals surface area contributed by atoms with Gasteiger partial charge in [0.25, 0.3) is 0 Å². The number of thioether (sulfide) groups is 1. The predicted molar refractivity (Wildman–Crippen MR) is 101 cm³/mol. The fourth-order valence-electron chi connectivity index (χ4n) is 2.87. The standard InChI is InChI=1S/C18H19N3OS2/c19-10-13-12-6-2-1-3-8-15(12)24-18(13)21-17(22)11-23-16-9-5-4-7-14(16)20/h4-5,7,9H,1-3,6,8,11,20H2,(H,21,22). The van der Waals surface area contributed by atoms with Crippen LogP contribution in [0.25, 0.3) is 0 Å². The van der Waals surface area contributed by atoms with Gasteiger partial charge in [-0.2, -0.15) is 5.26 Å². The molecule has 0 spiro atoms.